The maximum absolute atomic E-state index is 5.42. The van der Waals surface area contributed by atoms with Crippen LogP contribution in [0.4, 0.5) is 0 Å². The molecule has 16 heavy (non-hydrogen) atoms. The van der Waals surface area contributed by atoms with Crippen molar-refractivity contribution in [2.24, 2.45) is 0 Å². The van der Waals surface area contributed by atoms with Crippen molar-refractivity contribution in [3.8, 4) is 0 Å². The van der Waals surface area contributed by atoms with E-state index in [4.69, 9.17) is 64.8 Å². The van der Waals surface area contributed by atoms with Crippen LogP contribution in [0.15, 0.2) is 0 Å². The zero-order valence-electron chi connectivity index (χ0n) is 8.90. The zero-order chi connectivity index (χ0) is 13.8. The first-order chi connectivity index (χ1) is 6.54. The number of rotatable bonds is 0. The van der Waals surface area contributed by atoms with Gasteiger partial charge in [-0.1, -0.05) is 0 Å². The monoisotopic (exact) mass is 482 g/mol. The average Bonchev–Trinajstić information content (AvgIpc) is 1.77. The predicted octanol–water partition coefficient (Wildman–Crippen LogP) is 4.10. The number of halogens is 7. The summed E-state index contributed by atoms with van der Waals surface area (Å²) in [6.45, 7) is 0. The molecule has 0 aromatic heterocycles. The van der Waals surface area contributed by atoms with Crippen LogP contribution in [0.1, 0.15) is 0 Å². The fraction of sp³-hybridized carbons (Fsp3) is 0.800. The molecule has 0 aliphatic carbocycles. The van der Waals surface area contributed by atoms with Gasteiger partial charge in [-0.2, -0.15) is 0 Å². The van der Waals surface area contributed by atoms with Gasteiger partial charge in [0.15, 0.2) is 0 Å². The molecule has 0 spiro atoms. The van der Waals surface area contributed by atoms with Gasteiger partial charge in [-0.15, -0.1) is 0 Å². The molecule has 102 valence electrons. The Bertz CT molecular complexity index is 253. The van der Waals surface area contributed by atoms with Crippen LogP contribution in [-0.4, -0.2) is 52.8 Å². The molecule has 0 radical (unpaired) electrons. The fourth-order valence-electron chi connectivity index (χ4n) is 0.538. The van der Waals surface area contributed by atoms with E-state index in [1.54, 1.807) is 9.48 Å². The molecule has 3 nitrogen and oxygen atoms in total. The summed E-state index contributed by atoms with van der Waals surface area (Å²) >= 11 is 5.14. The normalized spacial score (nSPS) is 14.9. The summed E-state index contributed by atoms with van der Waals surface area (Å²) in [4.78, 5) is 1.78. The van der Waals surface area contributed by atoms with Crippen LogP contribution >= 0.6 is 64.8 Å². The first-order valence-electron chi connectivity index (χ1n) is 3.61. The summed E-state index contributed by atoms with van der Waals surface area (Å²) < 4.78 is 6.30. The van der Waals surface area contributed by atoms with E-state index in [1.165, 1.54) is 0 Å². The molecule has 0 aliphatic rings. The van der Waals surface area contributed by atoms with Gasteiger partial charge in [0.1, 0.15) is 11.9 Å². The summed E-state index contributed by atoms with van der Waals surface area (Å²) in [7, 11) is 32.4. The molecule has 0 aromatic carbocycles. The van der Waals surface area contributed by atoms with Gasteiger partial charge in [-0.05, 0) is 0 Å². The molecule has 0 saturated carbocycles. The van der Waals surface area contributed by atoms with Gasteiger partial charge in [-0.3, -0.25) is 0 Å². The standard InChI is InChI=1S/C5H12ClN2O.6ClH.Sb/c1-7(2)5(9-6)8(3)4;;;;;;;/h1-4H3;6*1H;/q+1;;;;;;;+5/p-6. The number of nitrogens with zero attached hydrogens (tertiary/aromatic N) is 2. The van der Waals surface area contributed by atoms with Crippen molar-refractivity contribution in [1.82, 2.24) is 4.90 Å². The fourth-order valence-corrected chi connectivity index (χ4v) is 0.814. The Kier molecular flexibility index (Phi) is 7.72. The van der Waals surface area contributed by atoms with E-state index in [2.05, 4.69) is 4.29 Å². The van der Waals surface area contributed by atoms with Crippen LogP contribution in [0.2, 0.25) is 0 Å². The van der Waals surface area contributed by atoms with Crippen molar-refractivity contribution < 1.29 is 8.86 Å². The van der Waals surface area contributed by atoms with Gasteiger partial charge in [0.25, 0.3) is 0 Å². The van der Waals surface area contributed by atoms with E-state index in [9.17, 15) is 0 Å². The van der Waals surface area contributed by atoms with Crippen LogP contribution < -0.4 is 0 Å². The van der Waals surface area contributed by atoms with E-state index in [-0.39, 0.29) is 0 Å². The summed E-state index contributed by atoms with van der Waals surface area (Å²) in [5.74, 6) is 0. The molecule has 0 unspecified atom stereocenters. The second-order valence-electron chi connectivity index (χ2n) is 3.11. The van der Waals surface area contributed by atoms with Crippen molar-refractivity contribution in [2.75, 3.05) is 28.2 Å². The Morgan fingerprint density at radius 1 is 1.00 bits per heavy atom. The molecule has 0 bridgehead atoms. The average molecular weight is 486 g/mol. The molecular formula is C5H12Cl7N2OSb. The predicted molar refractivity (Wildman–Crippen MR) is 78.6 cm³/mol. The number of amidine groups is 1. The molecule has 0 atom stereocenters. The van der Waals surface area contributed by atoms with Gasteiger partial charge in [0, 0.05) is 0 Å². The van der Waals surface area contributed by atoms with Crippen LogP contribution in [0, 0.1) is 0 Å². The number of hydrogen-bond acceptors (Lipinski definition) is 1. The molecule has 0 aliphatic heterocycles. The Morgan fingerprint density at radius 2 is 1.25 bits per heavy atom. The molecule has 0 rings (SSSR count). The molecule has 0 amide bonds. The maximum atomic E-state index is 5.14. The third kappa shape index (κ3) is 25.1. The van der Waals surface area contributed by atoms with Gasteiger partial charge in [-0.25, -0.2) is 9.48 Å². The zero-order valence-corrected chi connectivity index (χ0v) is 16.7. The Morgan fingerprint density at radius 3 is 1.25 bits per heavy atom. The molecule has 0 fully saturated rings. The van der Waals surface area contributed by atoms with Crippen molar-refractivity contribution in [1.29, 1.82) is 0 Å². The molecule has 0 heterocycles. The van der Waals surface area contributed by atoms with Crippen LogP contribution in [0.3, 0.4) is 0 Å². The second-order valence-corrected chi connectivity index (χ2v) is 60.2. The van der Waals surface area contributed by atoms with Crippen molar-refractivity contribution >= 4 is 80.0 Å². The number of hydrogen-bond donors (Lipinski definition) is 0. The quantitative estimate of drug-likeness (QED) is 0.222. The van der Waals surface area contributed by atoms with Crippen molar-refractivity contribution in [3.63, 3.8) is 0 Å². The van der Waals surface area contributed by atoms with Crippen molar-refractivity contribution in [2.45, 2.75) is 0 Å². The summed E-state index contributed by atoms with van der Waals surface area (Å²) in [5, 5.41) is 0. The topological polar surface area (TPSA) is 15.5 Å². The van der Waals surface area contributed by atoms with E-state index in [1.807, 2.05) is 28.2 Å². The third-order valence-corrected chi connectivity index (χ3v) is 0.972. The van der Waals surface area contributed by atoms with Crippen LogP contribution in [0.25, 0.3) is 0 Å². The van der Waals surface area contributed by atoms with Gasteiger partial charge in [0.2, 0.25) is 0 Å². The van der Waals surface area contributed by atoms with Gasteiger partial charge < -0.3 is 4.29 Å². The van der Waals surface area contributed by atoms with E-state index < -0.39 is 9.14 Å². The third-order valence-electron chi connectivity index (χ3n) is 0.834. The minimum absolute atomic E-state index is 0.622. The van der Waals surface area contributed by atoms with Gasteiger partial charge in [0.05, 0.1) is 28.2 Å². The minimum atomic E-state index is -5.42. The van der Waals surface area contributed by atoms with Gasteiger partial charge >= 0.3 is 68.1 Å². The van der Waals surface area contributed by atoms with E-state index in [0.717, 1.165) is 0 Å². The SMILES string of the molecule is CN(C)C(OCl)=[N+](C)C.[Cl][Sb-]([Cl])([Cl])([Cl])([Cl])[Cl]. The summed E-state index contributed by atoms with van der Waals surface area (Å²) in [6.07, 6.45) is 0. The first-order valence-corrected chi connectivity index (χ1v) is 23.3. The molecular weight excluding hydrogens is 474 g/mol. The first kappa shape index (κ1) is 20.4. The van der Waals surface area contributed by atoms with E-state index >= 15 is 0 Å². The molecule has 0 saturated heterocycles. The van der Waals surface area contributed by atoms with Crippen molar-refractivity contribution in [3.05, 3.63) is 0 Å². The second kappa shape index (κ2) is 6.05. The van der Waals surface area contributed by atoms with Crippen LogP contribution in [-0.2, 0) is 4.29 Å². The van der Waals surface area contributed by atoms with Crippen LogP contribution in [0.5, 0.6) is 0 Å². The molecule has 0 N–H and O–H groups in total. The summed E-state index contributed by atoms with van der Waals surface area (Å²) in [5.41, 5.74) is 0. The molecule has 11 heteroatoms. The van der Waals surface area contributed by atoms with E-state index in [0.29, 0.717) is 6.02 Å². The molecule has 0 aromatic rings. The summed E-state index contributed by atoms with van der Waals surface area (Å²) in [6, 6.07) is 0.622. The Balaban J connectivity index is 0. The Labute approximate surface area is 120 Å². The Hall–Kier alpha value is 2.12.